The van der Waals surface area contributed by atoms with Crippen LogP contribution in [0.5, 0.6) is 0 Å². The van der Waals surface area contributed by atoms with Crippen molar-refractivity contribution in [2.24, 2.45) is 0 Å². The first-order chi connectivity index (χ1) is 10.4. The Labute approximate surface area is 135 Å². The molecule has 0 unspecified atom stereocenters. The highest BCUT2D eigenvalue weighted by atomic mass is 16.6. The third-order valence-corrected chi connectivity index (χ3v) is 4.08. The summed E-state index contributed by atoms with van der Waals surface area (Å²) in [6.07, 6.45) is 5.85. The quantitative estimate of drug-likeness (QED) is 0.733. The number of nitrogens with one attached hydrogen (secondary N) is 1. The minimum atomic E-state index is -0.428. The molecule has 0 aromatic heterocycles. The molecule has 1 aliphatic carbocycles. The molecule has 1 amide bonds. The standard InChI is InChI=1S/C17H34N2O3/c1-6-19(16(20)22-17(2,3)4)13-7-12-18-14-8-10-15(21-5)11-9-14/h14-15,18H,6-13H2,1-5H3. The highest BCUT2D eigenvalue weighted by molar-refractivity contribution is 5.68. The van der Waals surface area contributed by atoms with E-state index in [4.69, 9.17) is 9.47 Å². The van der Waals surface area contributed by atoms with E-state index in [1.54, 1.807) is 12.0 Å². The van der Waals surface area contributed by atoms with Crippen LogP contribution in [-0.2, 0) is 9.47 Å². The van der Waals surface area contributed by atoms with Gasteiger partial charge in [0.05, 0.1) is 6.10 Å². The van der Waals surface area contributed by atoms with E-state index in [1.807, 2.05) is 27.7 Å². The number of hydrogen-bond acceptors (Lipinski definition) is 4. The van der Waals surface area contributed by atoms with Gasteiger partial charge in [0.25, 0.3) is 0 Å². The van der Waals surface area contributed by atoms with Crippen molar-refractivity contribution in [2.45, 2.75) is 77.5 Å². The van der Waals surface area contributed by atoms with E-state index in [0.717, 1.165) is 32.4 Å². The third-order valence-electron chi connectivity index (χ3n) is 4.08. The van der Waals surface area contributed by atoms with Gasteiger partial charge in [0, 0.05) is 26.2 Å². The summed E-state index contributed by atoms with van der Waals surface area (Å²) in [5.74, 6) is 0. The first-order valence-corrected chi connectivity index (χ1v) is 8.59. The number of ether oxygens (including phenoxy) is 2. The van der Waals surface area contributed by atoms with Crippen LogP contribution in [0.15, 0.2) is 0 Å². The number of rotatable bonds is 7. The van der Waals surface area contributed by atoms with E-state index in [-0.39, 0.29) is 6.09 Å². The number of methoxy groups -OCH3 is 1. The molecule has 22 heavy (non-hydrogen) atoms. The lowest BCUT2D eigenvalue weighted by molar-refractivity contribution is 0.0257. The van der Waals surface area contributed by atoms with Gasteiger partial charge in [-0.1, -0.05) is 0 Å². The summed E-state index contributed by atoms with van der Waals surface area (Å²) in [6.45, 7) is 10.1. The van der Waals surface area contributed by atoms with Gasteiger partial charge in [0.15, 0.2) is 0 Å². The molecule has 0 bridgehead atoms. The summed E-state index contributed by atoms with van der Waals surface area (Å²) in [5.41, 5.74) is -0.428. The van der Waals surface area contributed by atoms with Gasteiger partial charge in [-0.3, -0.25) is 0 Å². The average Bonchev–Trinajstić information content (AvgIpc) is 2.46. The van der Waals surface area contributed by atoms with Gasteiger partial charge in [0.1, 0.15) is 5.60 Å². The molecule has 0 heterocycles. The molecule has 0 aromatic carbocycles. The van der Waals surface area contributed by atoms with E-state index < -0.39 is 5.60 Å². The molecule has 0 aliphatic heterocycles. The lowest BCUT2D eigenvalue weighted by Gasteiger charge is -2.29. The predicted molar refractivity (Wildman–Crippen MR) is 89.2 cm³/mol. The highest BCUT2D eigenvalue weighted by Crippen LogP contribution is 2.20. The van der Waals surface area contributed by atoms with Crippen LogP contribution in [0.4, 0.5) is 4.79 Å². The Morgan fingerprint density at radius 2 is 1.86 bits per heavy atom. The molecule has 0 radical (unpaired) electrons. The molecule has 1 fully saturated rings. The molecular formula is C17H34N2O3. The van der Waals surface area contributed by atoms with Crippen molar-refractivity contribution < 1.29 is 14.3 Å². The molecule has 130 valence electrons. The zero-order chi connectivity index (χ0) is 16.6. The van der Waals surface area contributed by atoms with Crippen molar-refractivity contribution in [1.29, 1.82) is 0 Å². The summed E-state index contributed by atoms with van der Waals surface area (Å²) < 4.78 is 10.8. The molecule has 0 aromatic rings. The van der Waals surface area contributed by atoms with E-state index in [9.17, 15) is 4.79 Å². The van der Waals surface area contributed by atoms with Crippen LogP contribution in [-0.4, -0.2) is 55.5 Å². The average molecular weight is 314 g/mol. The SMILES string of the molecule is CCN(CCCNC1CCC(OC)CC1)C(=O)OC(C)(C)C. The Hall–Kier alpha value is -0.810. The fourth-order valence-corrected chi connectivity index (χ4v) is 2.78. The van der Waals surface area contributed by atoms with Crippen LogP contribution >= 0.6 is 0 Å². The fourth-order valence-electron chi connectivity index (χ4n) is 2.78. The smallest absolute Gasteiger partial charge is 0.410 e. The topological polar surface area (TPSA) is 50.8 Å². The van der Waals surface area contributed by atoms with Gasteiger partial charge in [-0.05, 0) is 66.3 Å². The van der Waals surface area contributed by atoms with Crippen molar-refractivity contribution >= 4 is 6.09 Å². The normalized spacial score (nSPS) is 22.4. The first kappa shape index (κ1) is 19.2. The predicted octanol–water partition coefficient (Wildman–Crippen LogP) is 3.18. The second kappa shape index (κ2) is 9.36. The Kier molecular flexibility index (Phi) is 8.18. The van der Waals surface area contributed by atoms with Gasteiger partial charge in [0.2, 0.25) is 0 Å². The number of hydrogen-bond donors (Lipinski definition) is 1. The van der Waals surface area contributed by atoms with Crippen molar-refractivity contribution in [2.75, 3.05) is 26.7 Å². The number of nitrogens with zero attached hydrogens (tertiary/aromatic N) is 1. The van der Waals surface area contributed by atoms with Crippen LogP contribution in [0.3, 0.4) is 0 Å². The van der Waals surface area contributed by atoms with Crippen molar-refractivity contribution in [3.8, 4) is 0 Å². The molecule has 0 saturated heterocycles. The third kappa shape index (κ3) is 7.45. The minimum Gasteiger partial charge on any atom is -0.444 e. The number of carbonyl (C=O) groups excluding carboxylic acids is 1. The highest BCUT2D eigenvalue weighted by Gasteiger charge is 2.22. The zero-order valence-electron chi connectivity index (χ0n) is 15.0. The molecule has 1 rings (SSSR count). The van der Waals surface area contributed by atoms with Gasteiger partial charge in [-0.2, -0.15) is 0 Å². The summed E-state index contributed by atoms with van der Waals surface area (Å²) >= 11 is 0. The Balaban J connectivity index is 2.18. The molecule has 1 aliphatic rings. The summed E-state index contributed by atoms with van der Waals surface area (Å²) in [6, 6.07) is 0.600. The maximum atomic E-state index is 12.0. The molecular weight excluding hydrogens is 280 g/mol. The summed E-state index contributed by atoms with van der Waals surface area (Å²) in [4.78, 5) is 13.8. The second-order valence-corrected chi connectivity index (χ2v) is 7.08. The van der Waals surface area contributed by atoms with Crippen molar-refractivity contribution in [1.82, 2.24) is 10.2 Å². The minimum absolute atomic E-state index is 0.212. The molecule has 0 spiro atoms. The summed E-state index contributed by atoms with van der Waals surface area (Å²) in [5, 5.41) is 3.60. The second-order valence-electron chi connectivity index (χ2n) is 7.08. The van der Waals surface area contributed by atoms with Gasteiger partial charge < -0.3 is 19.7 Å². The van der Waals surface area contributed by atoms with E-state index in [0.29, 0.717) is 18.7 Å². The summed E-state index contributed by atoms with van der Waals surface area (Å²) in [7, 11) is 1.80. The van der Waals surface area contributed by atoms with Gasteiger partial charge in [-0.25, -0.2) is 4.79 Å². The molecule has 1 saturated carbocycles. The van der Waals surface area contributed by atoms with E-state index in [1.165, 1.54) is 12.8 Å². The molecule has 0 atom stereocenters. The van der Waals surface area contributed by atoms with Crippen LogP contribution < -0.4 is 5.32 Å². The monoisotopic (exact) mass is 314 g/mol. The van der Waals surface area contributed by atoms with Crippen LogP contribution in [0.2, 0.25) is 0 Å². The molecule has 1 N–H and O–H groups in total. The van der Waals surface area contributed by atoms with Crippen LogP contribution in [0.25, 0.3) is 0 Å². The fraction of sp³-hybridized carbons (Fsp3) is 0.941. The van der Waals surface area contributed by atoms with Gasteiger partial charge in [-0.15, -0.1) is 0 Å². The Morgan fingerprint density at radius 1 is 1.23 bits per heavy atom. The van der Waals surface area contributed by atoms with Crippen molar-refractivity contribution in [3.05, 3.63) is 0 Å². The maximum Gasteiger partial charge on any atom is 0.410 e. The maximum absolute atomic E-state index is 12.0. The van der Waals surface area contributed by atoms with Crippen LogP contribution in [0, 0.1) is 0 Å². The lowest BCUT2D eigenvalue weighted by Crippen LogP contribution is -2.39. The van der Waals surface area contributed by atoms with E-state index in [2.05, 4.69) is 5.32 Å². The van der Waals surface area contributed by atoms with Crippen LogP contribution in [0.1, 0.15) is 59.8 Å². The number of carbonyl (C=O) groups is 1. The largest absolute Gasteiger partial charge is 0.444 e. The first-order valence-electron chi connectivity index (χ1n) is 8.59. The Morgan fingerprint density at radius 3 is 2.36 bits per heavy atom. The van der Waals surface area contributed by atoms with E-state index >= 15 is 0 Å². The number of amides is 1. The van der Waals surface area contributed by atoms with Crippen molar-refractivity contribution in [3.63, 3.8) is 0 Å². The molecule has 5 nitrogen and oxygen atoms in total. The zero-order valence-corrected chi connectivity index (χ0v) is 15.0. The van der Waals surface area contributed by atoms with Gasteiger partial charge >= 0.3 is 6.09 Å². The lowest BCUT2D eigenvalue weighted by atomic mass is 9.93. The Bertz CT molecular complexity index is 320. The molecule has 5 heteroatoms.